The number of aliphatic hydroxyl groups is 1. The van der Waals surface area contributed by atoms with Gasteiger partial charge in [0.25, 0.3) is 0 Å². The average Bonchev–Trinajstić information content (AvgIpc) is 3.17. The summed E-state index contributed by atoms with van der Waals surface area (Å²) in [6.45, 7) is 1.24. The Labute approximate surface area is 122 Å². The molecule has 1 saturated heterocycles. The van der Waals surface area contributed by atoms with Gasteiger partial charge >= 0.3 is 11.8 Å². The first-order valence-corrected chi connectivity index (χ1v) is 7.06. The van der Waals surface area contributed by atoms with Gasteiger partial charge in [-0.3, -0.25) is 9.59 Å². The molecular formula is C14H20N2O5. The standard InChI is InChI=1S/C14H20N2O5/c17-11(12-4-2-8-21-12)5-6-15-13(18)14(19)16-9-10-3-1-7-20-10/h2,4,8,10-11,17H,1,3,5-7,9H2,(H,15,18)(H,16,19)/t10-,11+/m0/s1. The Morgan fingerprint density at radius 1 is 1.38 bits per heavy atom. The van der Waals surface area contributed by atoms with Crippen LogP contribution in [0.2, 0.25) is 0 Å². The van der Waals surface area contributed by atoms with Gasteiger partial charge in [-0.05, 0) is 31.4 Å². The largest absolute Gasteiger partial charge is 0.467 e. The molecule has 1 aliphatic heterocycles. The van der Waals surface area contributed by atoms with Crippen molar-refractivity contribution in [1.29, 1.82) is 0 Å². The van der Waals surface area contributed by atoms with E-state index in [-0.39, 0.29) is 19.1 Å². The van der Waals surface area contributed by atoms with Crippen molar-refractivity contribution in [3.8, 4) is 0 Å². The van der Waals surface area contributed by atoms with E-state index in [2.05, 4.69) is 10.6 Å². The van der Waals surface area contributed by atoms with Gasteiger partial charge in [0.1, 0.15) is 11.9 Å². The maximum atomic E-state index is 11.5. The van der Waals surface area contributed by atoms with Crippen molar-refractivity contribution in [2.45, 2.75) is 31.5 Å². The summed E-state index contributed by atoms with van der Waals surface area (Å²) < 4.78 is 10.4. The molecule has 21 heavy (non-hydrogen) atoms. The molecule has 1 aliphatic rings. The van der Waals surface area contributed by atoms with Gasteiger partial charge in [-0.1, -0.05) is 0 Å². The molecule has 0 aliphatic carbocycles. The Morgan fingerprint density at radius 3 is 2.86 bits per heavy atom. The van der Waals surface area contributed by atoms with E-state index in [0.717, 1.165) is 12.8 Å². The van der Waals surface area contributed by atoms with Gasteiger partial charge in [0, 0.05) is 19.7 Å². The normalized spacial score (nSPS) is 19.2. The minimum Gasteiger partial charge on any atom is -0.467 e. The zero-order valence-electron chi connectivity index (χ0n) is 11.7. The van der Waals surface area contributed by atoms with Crippen LogP contribution in [0.4, 0.5) is 0 Å². The second-order valence-electron chi connectivity index (χ2n) is 4.92. The lowest BCUT2D eigenvalue weighted by Gasteiger charge is -2.11. The number of carbonyl (C=O) groups excluding carboxylic acids is 2. The fourth-order valence-electron chi connectivity index (χ4n) is 2.12. The molecule has 7 heteroatoms. The summed E-state index contributed by atoms with van der Waals surface area (Å²) in [5.74, 6) is -0.954. The Balaban J connectivity index is 1.60. The minimum atomic E-state index is -0.796. The summed E-state index contributed by atoms with van der Waals surface area (Å²) in [6.07, 6.45) is 2.83. The summed E-state index contributed by atoms with van der Waals surface area (Å²) in [7, 11) is 0. The first-order chi connectivity index (χ1) is 10.2. The fraction of sp³-hybridized carbons (Fsp3) is 0.571. The quantitative estimate of drug-likeness (QED) is 0.647. The predicted octanol–water partition coefficient (Wildman–Crippen LogP) is 0.114. The summed E-state index contributed by atoms with van der Waals surface area (Å²) in [5.41, 5.74) is 0. The molecule has 0 spiro atoms. The maximum Gasteiger partial charge on any atom is 0.309 e. The molecule has 116 valence electrons. The lowest BCUT2D eigenvalue weighted by molar-refractivity contribution is -0.139. The molecule has 0 bridgehead atoms. The van der Waals surface area contributed by atoms with Crippen LogP contribution in [-0.2, 0) is 14.3 Å². The van der Waals surface area contributed by atoms with Crippen molar-refractivity contribution in [1.82, 2.24) is 10.6 Å². The van der Waals surface area contributed by atoms with E-state index in [4.69, 9.17) is 9.15 Å². The second kappa shape index (κ2) is 7.80. The number of aliphatic hydroxyl groups excluding tert-OH is 1. The Morgan fingerprint density at radius 2 is 2.19 bits per heavy atom. The van der Waals surface area contributed by atoms with Gasteiger partial charge in [-0.15, -0.1) is 0 Å². The third-order valence-corrected chi connectivity index (χ3v) is 3.30. The van der Waals surface area contributed by atoms with E-state index in [1.165, 1.54) is 6.26 Å². The lowest BCUT2D eigenvalue weighted by Crippen LogP contribution is -2.43. The summed E-state index contributed by atoms with van der Waals surface area (Å²) in [6, 6.07) is 3.33. The number of carbonyl (C=O) groups is 2. The highest BCUT2D eigenvalue weighted by atomic mass is 16.5. The molecule has 2 rings (SSSR count). The van der Waals surface area contributed by atoms with Crippen LogP contribution in [0.15, 0.2) is 22.8 Å². The molecule has 0 aromatic carbocycles. The molecule has 1 aromatic rings. The zero-order chi connectivity index (χ0) is 15.1. The summed E-state index contributed by atoms with van der Waals surface area (Å²) in [5, 5.41) is 14.7. The third kappa shape index (κ3) is 4.87. The van der Waals surface area contributed by atoms with Gasteiger partial charge in [0.05, 0.1) is 12.4 Å². The first kappa shape index (κ1) is 15.5. The van der Waals surface area contributed by atoms with E-state index in [1.807, 2.05) is 0 Å². The van der Waals surface area contributed by atoms with Gasteiger partial charge < -0.3 is 24.9 Å². The Kier molecular flexibility index (Phi) is 5.77. The molecule has 1 fully saturated rings. The Bertz CT molecular complexity index is 454. The van der Waals surface area contributed by atoms with Crippen LogP contribution in [0.3, 0.4) is 0 Å². The van der Waals surface area contributed by atoms with Gasteiger partial charge in [0.15, 0.2) is 0 Å². The Hall–Kier alpha value is -1.86. The van der Waals surface area contributed by atoms with Crippen LogP contribution >= 0.6 is 0 Å². The highest BCUT2D eigenvalue weighted by Gasteiger charge is 2.19. The first-order valence-electron chi connectivity index (χ1n) is 7.06. The maximum absolute atomic E-state index is 11.5. The molecule has 1 aromatic heterocycles. The van der Waals surface area contributed by atoms with E-state index in [9.17, 15) is 14.7 Å². The van der Waals surface area contributed by atoms with Crippen LogP contribution in [0, 0.1) is 0 Å². The number of hydrogen-bond acceptors (Lipinski definition) is 5. The van der Waals surface area contributed by atoms with Crippen LogP contribution in [0.5, 0.6) is 0 Å². The smallest absolute Gasteiger partial charge is 0.309 e. The van der Waals surface area contributed by atoms with Crippen molar-refractivity contribution in [2.75, 3.05) is 19.7 Å². The highest BCUT2D eigenvalue weighted by Crippen LogP contribution is 2.15. The second-order valence-corrected chi connectivity index (χ2v) is 4.92. The minimum absolute atomic E-state index is 0.00234. The molecule has 3 N–H and O–H groups in total. The molecule has 2 amide bonds. The SMILES string of the molecule is O=C(NCC[C@@H](O)c1ccco1)C(=O)NC[C@@H]1CCCO1. The van der Waals surface area contributed by atoms with E-state index >= 15 is 0 Å². The molecule has 2 heterocycles. The van der Waals surface area contributed by atoms with E-state index < -0.39 is 17.9 Å². The van der Waals surface area contributed by atoms with Crippen molar-refractivity contribution in [3.05, 3.63) is 24.2 Å². The number of amides is 2. The van der Waals surface area contributed by atoms with Crippen molar-refractivity contribution in [2.24, 2.45) is 0 Å². The van der Waals surface area contributed by atoms with Crippen molar-refractivity contribution < 1.29 is 23.8 Å². The van der Waals surface area contributed by atoms with Gasteiger partial charge in [-0.2, -0.15) is 0 Å². The average molecular weight is 296 g/mol. The molecule has 0 unspecified atom stereocenters. The molecule has 2 atom stereocenters. The van der Waals surface area contributed by atoms with E-state index in [0.29, 0.717) is 18.9 Å². The highest BCUT2D eigenvalue weighted by molar-refractivity contribution is 6.35. The summed E-state index contributed by atoms with van der Waals surface area (Å²) >= 11 is 0. The number of ether oxygens (including phenoxy) is 1. The van der Waals surface area contributed by atoms with Gasteiger partial charge in [0.2, 0.25) is 0 Å². The molecular weight excluding hydrogens is 276 g/mol. The topological polar surface area (TPSA) is 101 Å². The number of nitrogens with one attached hydrogen (secondary N) is 2. The van der Waals surface area contributed by atoms with Gasteiger partial charge in [-0.25, -0.2) is 0 Å². The van der Waals surface area contributed by atoms with E-state index in [1.54, 1.807) is 12.1 Å². The molecule has 0 saturated carbocycles. The number of hydrogen-bond donors (Lipinski definition) is 3. The van der Waals surface area contributed by atoms with Crippen LogP contribution in [-0.4, -0.2) is 42.7 Å². The van der Waals surface area contributed by atoms with Crippen LogP contribution < -0.4 is 10.6 Å². The fourth-order valence-corrected chi connectivity index (χ4v) is 2.12. The molecule has 0 radical (unpaired) electrons. The third-order valence-electron chi connectivity index (χ3n) is 3.30. The van der Waals surface area contributed by atoms with Crippen LogP contribution in [0.1, 0.15) is 31.1 Å². The predicted molar refractivity (Wildman–Crippen MR) is 73.3 cm³/mol. The summed E-state index contributed by atoms with van der Waals surface area (Å²) in [4.78, 5) is 23.1. The zero-order valence-corrected chi connectivity index (χ0v) is 11.7. The number of rotatable bonds is 6. The number of furan rings is 1. The monoisotopic (exact) mass is 296 g/mol. The van der Waals surface area contributed by atoms with Crippen LogP contribution in [0.25, 0.3) is 0 Å². The molecule has 7 nitrogen and oxygen atoms in total. The lowest BCUT2D eigenvalue weighted by atomic mass is 10.2. The van der Waals surface area contributed by atoms with Crippen molar-refractivity contribution >= 4 is 11.8 Å². The van der Waals surface area contributed by atoms with Crippen molar-refractivity contribution in [3.63, 3.8) is 0 Å².